The van der Waals surface area contributed by atoms with Gasteiger partial charge in [0, 0.05) is 10.6 Å². The van der Waals surface area contributed by atoms with Gasteiger partial charge in [0.05, 0.1) is 22.8 Å². The fourth-order valence-electron chi connectivity index (χ4n) is 2.80. The first-order valence-electron chi connectivity index (χ1n) is 9.34. The molecule has 1 amide bonds. The quantitative estimate of drug-likeness (QED) is 0.294. The predicted molar refractivity (Wildman–Crippen MR) is 127 cm³/mol. The van der Waals surface area contributed by atoms with Gasteiger partial charge in [-0.2, -0.15) is 5.26 Å². The van der Waals surface area contributed by atoms with E-state index in [0.717, 1.165) is 5.56 Å². The second-order valence-corrected chi connectivity index (χ2v) is 7.74. The predicted octanol–water partition coefficient (Wildman–Crippen LogP) is 6.78. The fourth-order valence-corrected chi connectivity index (χ4v) is 3.44. The van der Waals surface area contributed by atoms with E-state index in [9.17, 15) is 10.1 Å². The Kier molecular flexibility index (Phi) is 8.02. The molecular weight excluding hydrogens is 471 g/mol. The summed E-state index contributed by atoms with van der Waals surface area (Å²) in [7, 11) is 1.47. The Bertz CT molecular complexity index is 1220. The van der Waals surface area contributed by atoms with Crippen molar-refractivity contribution < 1.29 is 14.3 Å². The largest absolute Gasteiger partial charge is 0.493 e. The second kappa shape index (κ2) is 10.9. The lowest BCUT2D eigenvalue weighted by atomic mass is 10.1. The van der Waals surface area contributed by atoms with Crippen LogP contribution >= 0.6 is 34.8 Å². The van der Waals surface area contributed by atoms with E-state index in [2.05, 4.69) is 5.32 Å². The van der Waals surface area contributed by atoms with Gasteiger partial charge in [-0.05, 0) is 42.0 Å². The van der Waals surface area contributed by atoms with Crippen LogP contribution in [0.2, 0.25) is 15.1 Å². The molecule has 0 spiro atoms. The molecule has 0 aromatic heterocycles. The Morgan fingerprint density at radius 3 is 2.38 bits per heavy atom. The maximum atomic E-state index is 12.5. The molecular formula is C24H17Cl3N2O3. The molecule has 0 heterocycles. The average molecular weight is 488 g/mol. The van der Waals surface area contributed by atoms with E-state index in [1.165, 1.54) is 13.2 Å². The molecule has 3 aromatic rings. The van der Waals surface area contributed by atoms with Crippen LogP contribution in [0, 0.1) is 11.3 Å². The summed E-state index contributed by atoms with van der Waals surface area (Å²) in [4.78, 5) is 12.5. The minimum absolute atomic E-state index is 0.132. The number of benzene rings is 3. The van der Waals surface area contributed by atoms with Crippen LogP contribution in [-0.4, -0.2) is 13.0 Å². The molecule has 0 radical (unpaired) electrons. The Labute approximate surface area is 200 Å². The number of amides is 1. The van der Waals surface area contributed by atoms with Crippen molar-refractivity contribution in [3.63, 3.8) is 0 Å². The number of rotatable bonds is 7. The topological polar surface area (TPSA) is 71.3 Å². The number of ether oxygens (including phenoxy) is 2. The molecule has 0 saturated carbocycles. The summed E-state index contributed by atoms with van der Waals surface area (Å²) in [6, 6.07) is 19.1. The van der Waals surface area contributed by atoms with Crippen molar-refractivity contribution in [3.8, 4) is 17.6 Å². The van der Waals surface area contributed by atoms with Gasteiger partial charge >= 0.3 is 0 Å². The molecule has 0 fully saturated rings. The number of methoxy groups -OCH3 is 1. The number of nitrogens with zero attached hydrogens (tertiary/aromatic N) is 1. The van der Waals surface area contributed by atoms with Crippen molar-refractivity contribution in [1.29, 1.82) is 5.26 Å². The molecule has 32 heavy (non-hydrogen) atoms. The summed E-state index contributed by atoms with van der Waals surface area (Å²) >= 11 is 18.6. The number of nitrogens with one attached hydrogen (secondary N) is 1. The van der Waals surface area contributed by atoms with Crippen molar-refractivity contribution in [3.05, 3.63) is 92.4 Å². The maximum Gasteiger partial charge on any atom is 0.266 e. The molecule has 8 heteroatoms. The molecule has 0 aliphatic heterocycles. The molecule has 3 aromatic carbocycles. The molecule has 162 valence electrons. The van der Waals surface area contributed by atoms with E-state index in [0.29, 0.717) is 32.8 Å². The normalized spacial score (nSPS) is 10.9. The van der Waals surface area contributed by atoms with E-state index in [4.69, 9.17) is 44.3 Å². The fraction of sp³-hybridized carbons (Fsp3) is 0.0833. The Balaban J connectivity index is 1.84. The number of para-hydroxylation sites is 1. The number of carbonyl (C=O) groups is 1. The third kappa shape index (κ3) is 5.74. The maximum absolute atomic E-state index is 12.5. The van der Waals surface area contributed by atoms with Crippen molar-refractivity contribution in [1.82, 2.24) is 0 Å². The number of hydrogen-bond donors (Lipinski definition) is 1. The minimum Gasteiger partial charge on any atom is -0.493 e. The van der Waals surface area contributed by atoms with Crippen LogP contribution in [0.5, 0.6) is 11.5 Å². The van der Waals surface area contributed by atoms with Crippen LogP contribution in [-0.2, 0) is 11.4 Å². The zero-order valence-corrected chi connectivity index (χ0v) is 19.1. The number of nitriles is 1. The zero-order valence-electron chi connectivity index (χ0n) is 16.9. The van der Waals surface area contributed by atoms with Gasteiger partial charge in [0.1, 0.15) is 18.2 Å². The highest BCUT2D eigenvalue weighted by atomic mass is 35.5. The third-order valence-corrected chi connectivity index (χ3v) is 5.36. The Morgan fingerprint density at radius 2 is 1.72 bits per heavy atom. The number of carbonyl (C=O) groups excluding carboxylic acids is 1. The summed E-state index contributed by atoms with van der Waals surface area (Å²) in [6.07, 6.45) is 1.40. The van der Waals surface area contributed by atoms with Crippen molar-refractivity contribution >= 4 is 52.5 Å². The molecule has 0 aliphatic carbocycles. The van der Waals surface area contributed by atoms with Crippen LogP contribution in [0.15, 0.2) is 66.2 Å². The van der Waals surface area contributed by atoms with Gasteiger partial charge in [0.15, 0.2) is 11.5 Å². The molecule has 1 N–H and O–H groups in total. The SMILES string of the molecule is COc1cc(/C=C(\C#N)C(=O)Nc2ccccc2Cl)cc(Cl)c1OCc1ccccc1Cl. The molecule has 3 rings (SSSR count). The molecule has 0 saturated heterocycles. The van der Waals surface area contributed by atoms with Gasteiger partial charge in [-0.25, -0.2) is 0 Å². The van der Waals surface area contributed by atoms with Crippen molar-refractivity contribution in [2.24, 2.45) is 0 Å². The third-order valence-electron chi connectivity index (χ3n) is 4.38. The van der Waals surface area contributed by atoms with Gasteiger partial charge in [0.2, 0.25) is 0 Å². The lowest BCUT2D eigenvalue weighted by Gasteiger charge is -2.14. The lowest BCUT2D eigenvalue weighted by Crippen LogP contribution is -2.13. The molecule has 0 unspecified atom stereocenters. The summed E-state index contributed by atoms with van der Waals surface area (Å²) in [5.41, 5.74) is 1.55. The summed E-state index contributed by atoms with van der Waals surface area (Å²) < 4.78 is 11.2. The molecule has 0 atom stereocenters. The van der Waals surface area contributed by atoms with Crippen LogP contribution in [0.3, 0.4) is 0 Å². The molecule has 0 bridgehead atoms. The van der Waals surface area contributed by atoms with Gasteiger partial charge in [-0.1, -0.05) is 65.1 Å². The van der Waals surface area contributed by atoms with Crippen molar-refractivity contribution in [2.45, 2.75) is 6.61 Å². The van der Waals surface area contributed by atoms with Crippen LogP contribution < -0.4 is 14.8 Å². The number of anilines is 1. The van der Waals surface area contributed by atoms with E-state index >= 15 is 0 Å². The molecule has 0 aliphatic rings. The summed E-state index contributed by atoms with van der Waals surface area (Å²) in [6.45, 7) is 0.189. The van der Waals surface area contributed by atoms with Crippen LogP contribution in [0.25, 0.3) is 6.08 Å². The van der Waals surface area contributed by atoms with E-state index < -0.39 is 5.91 Å². The second-order valence-electron chi connectivity index (χ2n) is 6.52. The van der Waals surface area contributed by atoms with Gasteiger partial charge in [-0.3, -0.25) is 4.79 Å². The summed E-state index contributed by atoms with van der Waals surface area (Å²) in [5, 5.41) is 13.3. The smallest absolute Gasteiger partial charge is 0.266 e. The average Bonchev–Trinajstić information content (AvgIpc) is 2.78. The van der Waals surface area contributed by atoms with E-state index in [1.54, 1.807) is 42.5 Å². The molecule has 5 nitrogen and oxygen atoms in total. The Morgan fingerprint density at radius 1 is 1.03 bits per heavy atom. The first-order chi connectivity index (χ1) is 15.4. The standard InChI is InChI=1S/C24H17Cl3N2O3/c1-31-22-12-15(10-17(13-28)24(30)29-21-9-5-4-8-19(21)26)11-20(27)23(22)32-14-16-6-2-3-7-18(16)25/h2-12H,14H2,1H3,(H,29,30)/b17-10+. The van der Waals surface area contributed by atoms with Gasteiger partial charge in [-0.15, -0.1) is 0 Å². The van der Waals surface area contributed by atoms with Crippen LogP contribution in [0.4, 0.5) is 5.69 Å². The van der Waals surface area contributed by atoms with E-state index in [1.807, 2.05) is 24.3 Å². The highest BCUT2D eigenvalue weighted by Gasteiger charge is 2.15. The number of hydrogen-bond acceptors (Lipinski definition) is 4. The van der Waals surface area contributed by atoms with Crippen LogP contribution in [0.1, 0.15) is 11.1 Å². The van der Waals surface area contributed by atoms with E-state index in [-0.39, 0.29) is 17.2 Å². The summed E-state index contributed by atoms with van der Waals surface area (Å²) in [5.74, 6) is 0.0691. The van der Waals surface area contributed by atoms with Crippen molar-refractivity contribution in [2.75, 3.05) is 12.4 Å². The first kappa shape index (κ1) is 23.5. The monoisotopic (exact) mass is 486 g/mol. The zero-order chi connectivity index (χ0) is 23.1. The number of halogens is 3. The van der Waals surface area contributed by atoms with Gasteiger partial charge < -0.3 is 14.8 Å². The Hall–Kier alpha value is -3.17. The highest BCUT2D eigenvalue weighted by Crippen LogP contribution is 2.38. The highest BCUT2D eigenvalue weighted by molar-refractivity contribution is 6.34. The minimum atomic E-state index is -0.602. The van der Waals surface area contributed by atoms with Gasteiger partial charge in [0.25, 0.3) is 5.91 Å². The lowest BCUT2D eigenvalue weighted by molar-refractivity contribution is -0.112. The first-order valence-corrected chi connectivity index (χ1v) is 10.5.